The highest BCUT2D eigenvalue weighted by molar-refractivity contribution is 5.91. The van der Waals surface area contributed by atoms with E-state index in [1.54, 1.807) is 18.2 Å². The van der Waals surface area contributed by atoms with Gasteiger partial charge in [0.05, 0.1) is 5.92 Å². The Bertz CT molecular complexity index is 814. The Morgan fingerprint density at radius 3 is 2.50 bits per heavy atom. The van der Waals surface area contributed by atoms with Crippen LogP contribution < -0.4 is 10.6 Å². The largest absolute Gasteiger partial charge is 0.481 e. The minimum atomic E-state index is -0.747. The lowest BCUT2D eigenvalue weighted by molar-refractivity contribution is -0.142. The van der Waals surface area contributed by atoms with Gasteiger partial charge in [0, 0.05) is 17.1 Å². The van der Waals surface area contributed by atoms with E-state index in [0.717, 1.165) is 0 Å². The lowest BCUT2D eigenvalue weighted by Gasteiger charge is -2.26. The van der Waals surface area contributed by atoms with Crippen molar-refractivity contribution in [3.05, 3.63) is 24.1 Å². The standard InChI is InChI=1S/C19H25N3O4/c1-19(2,3)17-22-14-10-13(8-9-15(14)26-17)21-18(25)20-12-6-4-11(5-7-12)16(23)24/h8-12H,4-7H2,1-3H3,(H,23,24)(H2,20,21,25). The van der Waals surface area contributed by atoms with Gasteiger partial charge in [-0.1, -0.05) is 20.8 Å². The van der Waals surface area contributed by atoms with E-state index < -0.39 is 5.97 Å². The smallest absolute Gasteiger partial charge is 0.319 e. The van der Waals surface area contributed by atoms with Crippen LogP contribution in [0.25, 0.3) is 11.1 Å². The van der Waals surface area contributed by atoms with Crippen molar-refractivity contribution in [2.24, 2.45) is 5.92 Å². The molecule has 0 bridgehead atoms. The van der Waals surface area contributed by atoms with Crippen molar-refractivity contribution in [3.8, 4) is 0 Å². The second kappa shape index (κ2) is 6.97. The number of anilines is 1. The zero-order valence-corrected chi connectivity index (χ0v) is 15.3. The SMILES string of the molecule is CC(C)(C)c1nc2cc(NC(=O)NC3CCC(C(=O)O)CC3)ccc2o1. The molecule has 3 rings (SSSR count). The molecular weight excluding hydrogens is 334 g/mol. The quantitative estimate of drug-likeness (QED) is 0.771. The van der Waals surface area contributed by atoms with Crippen molar-refractivity contribution < 1.29 is 19.1 Å². The first-order valence-corrected chi connectivity index (χ1v) is 8.94. The molecule has 1 fully saturated rings. The van der Waals surface area contributed by atoms with E-state index in [-0.39, 0.29) is 23.4 Å². The van der Waals surface area contributed by atoms with E-state index in [1.807, 2.05) is 20.8 Å². The van der Waals surface area contributed by atoms with Gasteiger partial charge in [-0.3, -0.25) is 4.79 Å². The van der Waals surface area contributed by atoms with Gasteiger partial charge in [-0.2, -0.15) is 0 Å². The Hall–Kier alpha value is -2.57. The monoisotopic (exact) mass is 359 g/mol. The molecule has 140 valence electrons. The Balaban J connectivity index is 1.60. The first-order valence-electron chi connectivity index (χ1n) is 8.94. The number of rotatable bonds is 3. The van der Waals surface area contributed by atoms with Gasteiger partial charge < -0.3 is 20.2 Å². The number of fused-ring (bicyclic) bond motifs is 1. The summed E-state index contributed by atoms with van der Waals surface area (Å²) in [7, 11) is 0. The first-order chi connectivity index (χ1) is 12.2. The molecular formula is C19H25N3O4. The number of oxazole rings is 1. The van der Waals surface area contributed by atoms with E-state index in [0.29, 0.717) is 48.4 Å². The average molecular weight is 359 g/mol. The van der Waals surface area contributed by atoms with Gasteiger partial charge in [-0.15, -0.1) is 0 Å². The van der Waals surface area contributed by atoms with E-state index in [9.17, 15) is 9.59 Å². The maximum atomic E-state index is 12.2. The highest BCUT2D eigenvalue weighted by Gasteiger charge is 2.26. The van der Waals surface area contributed by atoms with Crippen molar-refractivity contribution >= 4 is 28.8 Å². The van der Waals surface area contributed by atoms with Crippen LogP contribution in [-0.4, -0.2) is 28.1 Å². The molecule has 1 aliphatic carbocycles. The normalized spacial score (nSPS) is 20.7. The molecule has 2 amide bonds. The summed E-state index contributed by atoms with van der Waals surface area (Å²) in [6.45, 7) is 6.09. The van der Waals surface area contributed by atoms with Gasteiger partial charge in [0.1, 0.15) is 5.52 Å². The third-order valence-electron chi connectivity index (χ3n) is 4.70. The maximum absolute atomic E-state index is 12.2. The van der Waals surface area contributed by atoms with Gasteiger partial charge in [0.25, 0.3) is 0 Å². The molecule has 0 atom stereocenters. The highest BCUT2D eigenvalue weighted by atomic mass is 16.4. The molecule has 1 aromatic carbocycles. The van der Waals surface area contributed by atoms with E-state index in [4.69, 9.17) is 9.52 Å². The number of amides is 2. The molecule has 3 N–H and O–H groups in total. The van der Waals surface area contributed by atoms with Gasteiger partial charge in [0.2, 0.25) is 5.89 Å². The summed E-state index contributed by atoms with van der Waals surface area (Å²) < 4.78 is 5.76. The molecule has 7 nitrogen and oxygen atoms in total. The van der Waals surface area contributed by atoms with Crippen molar-refractivity contribution in [2.45, 2.75) is 57.9 Å². The summed E-state index contributed by atoms with van der Waals surface area (Å²) in [5, 5.41) is 14.8. The molecule has 0 aliphatic heterocycles. The van der Waals surface area contributed by atoms with Crippen LogP contribution in [0.3, 0.4) is 0 Å². The number of aliphatic carboxylic acids is 1. The lowest BCUT2D eigenvalue weighted by atomic mass is 9.86. The molecule has 0 saturated heterocycles. The molecule has 1 aliphatic rings. The summed E-state index contributed by atoms with van der Waals surface area (Å²) in [4.78, 5) is 27.7. The second-order valence-corrected chi connectivity index (χ2v) is 7.94. The predicted molar refractivity (Wildman–Crippen MR) is 98.2 cm³/mol. The first kappa shape index (κ1) is 18.2. The molecule has 26 heavy (non-hydrogen) atoms. The fourth-order valence-electron chi connectivity index (χ4n) is 3.16. The van der Waals surface area contributed by atoms with E-state index in [1.165, 1.54) is 0 Å². The minimum Gasteiger partial charge on any atom is -0.481 e. The Morgan fingerprint density at radius 1 is 1.19 bits per heavy atom. The topological polar surface area (TPSA) is 104 Å². The summed E-state index contributed by atoms with van der Waals surface area (Å²) in [6.07, 6.45) is 2.56. The number of carboxylic acids is 1. The molecule has 0 spiro atoms. The third-order valence-corrected chi connectivity index (χ3v) is 4.70. The predicted octanol–water partition coefficient (Wildman–Crippen LogP) is 3.89. The number of benzene rings is 1. The average Bonchev–Trinajstić information content (AvgIpc) is 2.99. The number of carboxylic acid groups (broad SMARTS) is 1. The Labute approximate surface area is 152 Å². The zero-order chi connectivity index (χ0) is 18.9. The van der Waals surface area contributed by atoms with Crippen LogP contribution >= 0.6 is 0 Å². The number of hydrogen-bond donors (Lipinski definition) is 3. The second-order valence-electron chi connectivity index (χ2n) is 7.94. The zero-order valence-electron chi connectivity index (χ0n) is 15.3. The van der Waals surface area contributed by atoms with Crippen LogP contribution in [0.15, 0.2) is 22.6 Å². The number of urea groups is 1. The Kier molecular flexibility index (Phi) is 4.89. The van der Waals surface area contributed by atoms with Crippen LogP contribution in [0, 0.1) is 5.92 Å². The van der Waals surface area contributed by atoms with Crippen molar-refractivity contribution in [3.63, 3.8) is 0 Å². The molecule has 1 aromatic heterocycles. The van der Waals surface area contributed by atoms with Crippen LogP contribution in [0.5, 0.6) is 0 Å². The number of nitrogens with zero attached hydrogens (tertiary/aromatic N) is 1. The van der Waals surface area contributed by atoms with Crippen LogP contribution in [-0.2, 0) is 10.2 Å². The summed E-state index contributed by atoms with van der Waals surface area (Å²) >= 11 is 0. The molecule has 2 aromatic rings. The maximum Gasteiger partial charge on any atom is 0.319 e. The Morgan fingerprint density at radius 2 is 1.88 bits per heavy atom. The van der Waals surface area contributed by atoms with Crippen molar-refractivity contribution in [1.29, 1.82) is 0 Å². The fraction of sp³-hybridized carbons (Fsp3) is 0.526. The van der Waals surface area contributed by atoms with Crippen LogP contribution in [0.4, 0.5) is 10.5 Å². The van der Waals surface area contributed by atoms with Crippen molar-refractivity contribution in [2.75, 3.05) is 5.32 Å². The summed E-state index contributed by atoms with van der Waals surface area (Å²) in [6, 6.07) is 5.08. The molecule has 0 unspecified atom stereocenters. The number of aromatic nitrogens is 1. The minimum absolute atomic E-state index is 0.00822. The van der Waals surface area contributed by atoms with Gasteiger partial charge in [-0.25, -0.2) is 9.78 Å². The summed E-state index contributed by atoms with van der Waals surface area (Å²) in [5.41, 5.74) is 1.85. The number of carbonyl (C=O) groups excluding carboxylic acids is 1. The molecule has 7 heteroatoms. The molecule has 1 saturated carbocycles. The van der Waals surface area contributed by atoms with E-state index >= 15 is 0 Å². The highest BCUT2D eigenvalue weighted by Crippen LogP contribution is 2.28. The third kappa shape index (κ3) is 4.15. The number of carbonyl (C=O) groups is 2. The molecule has 0 radical (unpaired) electrons. The molecule has 1 heterocycles. The number of nitrogens with one attached hydrogen (secondary N) is 2. The van der Waals surface area contributed by atoms with E-state index in [2.05, 4.69) is 15.6 Å². The summed E-state index contributed by atoms with van der Waals surface area (Å²) in [5.74, 6) is -0.379. The number of hydrogen-bond acceptors (Lipinski definition) is 4. The fourth-order valence-corrected chi connectivity index (χ4v) is 3.16. The van der Waals surface area contributed by atoms with Crippen LogP contribution in [0.2, 0.25) is 0 Å². The van der Waals surface area contributed by atoms with Gasteiger partial charge >= 0.3 is 12.0 Å². The van der Waals surface area contributed by atoms with Crippen LogP contribution in [0.1, 0.15) is 52.3 Å². The van der Waals surface area contributed by atoms with Crippen molar-refractivity contribution in [1.82, 2.24) is 10.3 Å². The van der Waals surface area contributed by atoms with Gasteiger partial charge in [-0.05, 0) is 43.9 Å². The van der Waals surface area contributed by atoms with Gasteiger partial charge in [0.15, 0.2) is 5.58 Å². The lowest BCUT2D eigenvalue weighted by Crippen LogP contribution is -2.40.